The second-order valence-corrected chi connectivity index (χ2v) is 8.95. The van der Waals surface area contributed by atoms with Crippen LogP contribution in [-0.2, 0) is 9.59 Å². The lowest BCUT2D eigenvalue weighted by atomic mass is 10.1. The maximum Gasteiger partial charge on any atom is 0.275 e. The number of nitrogens with one attached hydrogen (secondary N) is 2. The highest BCUT2D eigenvalue weighted by atomic mass is 32.2. The maximum absolute atomic E-state index is 12.9. The molecule has 3 aromatic rings. The van der Waals surface area contributed by atoms with E-state index in [1.165, 1.54) is 45.8 Å². The van der Waals surface area contributed by atoms with Gasteiger partial charge in [-0.05, 0) is 25.2 Å². The van der Waals surface area contributed by atoms with Gasteiger partial charge in [-0.2, -0.15) is 5.10 Å². The van der Waals surface area contributed by atoms with E-state index >= 15 is 0 Å². The highest BCUT2D eigenvalue weighted by Gasteiger charge is 2.40. The Bertz CT molecular complexity index is 1260. The van der Waals surface area contributed by atoms with Gasteiger partial charge in [0.25, 0.3) is 11.6 Å². The molecular weight excluding hydrogens is 462 g/mol. The first-order valence-electron chi connectivity index (χ1n) is 8.88. The van der Waals surface area contributed by atoms with E-state index < -0.39 is 10.3 Å². The average Bonchev–Trinajstić information content (AvgIpc) is 3.37. The van der Waals surface area contributed by atoms with Crippen molar-refractivity contribution < 1.29 is 14.5 Å². The van der Waals surface area contributed by atoms with Gasteiger partial charge in [-0.1, -0.05) is 23.5 Å². The van der Waals surface area contributed by atoms with Crippen molar-refractivity contribution in [3.05, 3.63) is 50.4 Å². The van der Waals surface area contributed by atoms with Crippen LogP contribution < -0.4 is 10.3 Å². The highest BCUT2D eigenvalue weighted by Crippen LogP contribution is 2.42. The lowest BCUT2D eigenvalue weighted by molar-refractivity contribution is -0.385. The zero-order valence-corrected chi connectivity index (χ0v) is 18.6. The van der Waals surface area contributed by atoms with Gasteiger partial charge in [0, 0.05) is 13.0 Å². The van der Waals surface area contributed by atoms with Crippen molar-refractivity contribution in [2.24, 2.45) is 0 Å². The minimum Gasteiger partial charge on any atom is -0.302 e. The van der Waals surface area contributed by atoms with Gasteiger partial charge < -0.3 is 5.32 Å². The fourth-order valence-corrected chi connectivity index (χ4v) is 5.54. The summed E-state index contributed by atoms with van der Waals surface area (Å²) in [5.41, 5.74) is 0.890. The number of aryl methyl sites for hydroxylation is 1. The molecule has 0 radical (unpaired) electrons. The van der Waals surface area contributed by atoms with Crippen LogP contribution in [0.25, 0.3) is 10.7 Å². The van der Waals surface area contributed by atoms with Gasteiger partial charge >= 0.3 is 0 Å². The van der Waals surface area contributed by atoms with Crippen molar-refractivity contribution in [2.75, 3.05) is 16.1 Å². The zero-order chi connectivity index (χ0) is 22.3. The number of nitrogens with zero attached hydrogens (tertiary/aromatic N) is 5. The van der Waals surface area contributed by atoms with Crippen molar-refractivity contribution in [3.63, 3.8) is 0 Å². The molecule has 2 amide bonds. The number of carbonyl (C=O) groups is 2. The van der Waals surface area contributed by atoms with E-state index in [4.69, 9.17) is 12.2 Å². The topological polar surface area (TPSA) is 139 Å². The van der Waals surface area contributed by atoms with Crippen LogP contribution in [0.1, 0.15) is 23.6 Å². The number of H-pyrrole nitrogens is 1. The van der Waals surface area contributed by atoms with E-state index in [1.807, 2.05) is 0 Å². The molecule has 1 aromatic carbocycles. The molecule has 3 heterocycles. The quantitative estimate of drug-likeness (QED) is 0.325. The molecule has 2 aromatic heterocycles. The number of thioether (sulfide) groups is 1. The molecule has 0 aliphatic carbocycles. The zero-order valence-electron chi connectivity index (χ0n) is 16.2. The van der Waals surface area contributed by atoms with Crippen LogP contribution in [-0.4, -0.2) is 42.3 Å². The lowest BCUT2D eigenvalue weighted by Crippen LogP contribution is -2.39. The number of anilines is 1. The van der Waals surface area contributed by atoms with E-state index in [1.54, 1.807) is 25.1 Å². The van der Waals surface area contributed by atoms with Crippen LogP contribution in [0.3, 0.4) is 0 Å². The van der Waals surface area contributed by atoms with Gasteiger partial charge in [-0.3, -0.25) is 19.7 Å². The first-order chi connectivity index (χ1) is 14.8. The molecule has 1 atom stereocenters. The van der Waals surface area contributed by atoms with Crippen LogP contribution in [0.4, 0.5) is 10.8 Å². The minimum atomic E-state index is -0.666. The molecule has 1 aliphatic rings. The predicted molar refractivity (Wildman–Crippen MR) is 119 cm³/mol. The fourth-order valence-electron chi connectivity index (χ4n) is 3.16. The van der Waals surface area contributed by atoms with Gasteiger partial charge in [-0.25, -0.2) is 19.8 Å². The Kier molecular flexibility index (Phi) is 5.60. The van der Waals surface area contributed by atoms with Gasteiger partial charge in [0.15, 0.2) is 11.0 Å². The molecule has 0 spiro atoms. The SMILES string of the molecule is CC(=O)Nc1nc(C)c(-c2n[nH]c(=S)n2N2C(=O)CSC2c2ccccc2[N+](=O)[O-])s1. The number of aromatic amines is 1. The molecule has 1 unspecified atom stereocenters. The largest absolute Gasteiger partial charge is 0.302 e. The monoisotopic (exact) mass is 477 g/mol. The van der Waals surface area contributed by atoms with Crippen molar-refractivity contribution in [3.8, 4) is 10.7 Å². The summed E-state index contributed by atoms with van der Waals surface area (Å²) < 4.78 is 1.60. The average molecular weight is 478 g/mol. The normalized spacial score (nSPS) is 16.0. The van der Waals surface area contributed by atoms with Gasteiger partial charge in [0.05, 0.1) is 26.8 Å². The Morgan fingerprint density at radius 2 is 2.16 bits per heavy atom. The number of hydrogen-bond acceptors (Lipinski definition) is 9. The predicted octanol–water partition coefficient (Wildman–Crippen LogP) is 3.15. The molecule has 11 nitrogen and oxygen atoms in total. The minimum absolute atomic E-state index is 0.0850. The first-order valence-corrected chi connectivity index (χ1v) is 11.2. The molecule has 2 N–H and O–H groups in total. The number of thiazole rings is 1. The number of nitro benzene ring substituents is 1. The third kappa shape index (κ3) is 3.84. The smallest absolute Gasteiger partial charge is 0.275 e. The summed E-state index contributed by atoms with van der Waals surface area (Å²) in [6, 6.07) is 6.29. The standard InChI is InChI=1S/C17H15N7O4S3/c1-8-13(31-16(18-8)19-9(2)25)14-20-21-17(29)23(14)22-12(26)7-30-15(22)10-5-3-4-6-11(10)24(27)28/h3-6,15H,7H2,1-2H3,(H,21,29)(H,18,19,25). The van der Waals surface area contributed by atoms with Crippen LogP contribution >= 0.6 is 35.3 Å². The van der Waals surface area contributed by atoms with Crippen LogP contribution in [0.5, 0.6) is 0 Å². The maximum atomic E-state index is 12.9. The summed E-state index contributed by atoms with van der Waals surface area (Å²) >= 11 is 7.85. The summed E-state index contributed by atoms with van der Waals surface area (Å²) in [5, 5.41) is 22.2. The molecule has 1 saturated heterocycles. The number of benzene rings is 1. The molecule has 0 saturated carbocycles. The van der Waals surface area contributed by atoms with Gasteiger partial charge in [-0.15, -0.1) is 11.8 Å². The fraction of sp³-hybridized carbons (Fsp3) is 0.235. The van der Waals surface area contributed by atoms with Crippen LogP contribution in [0.15, 0.2) is 24.3 Å². The second-order valence-electron chi connectivity index (χ2n) is 6.50. The van der Waals surface area contributed by atoms with E-state index in [0.29, 0.717) is 27.1 Å². The molecular formula is C17H15N7O4S3. The van der Waals surface area contributed by atoms with Crippen LogP contribution in [0.2, 0.25) is 0 Å². The number of hydrogen-bond donors (Lipinski definition) is 2. The van der Waals surface area contributed by atoms with E-state index in [2.05, 4.69) is 20.5 Å². The third-order valence-corrected chi connectivity index (χ3v) is 6.91. The Labute approximate surface area is 188 Å². The molecule has 160 valence electrons. The van der Waals surface area contributed by atoms with Gasteiger partial charge in [0.2, 0.25) is 10.7 Å². The molecule has 31 heavy (non-hydrogen) atoms. The number of rotatable bonds is 5. The summed E-state index contributed by atoms with van der Waals surface area (Å²) in [7, 11) is 0. The van der Waals surface area contributed by atoms with E-state index in [-0.39, 0.29) is 28.0 Å². The number of carbonyl (C=O) groups excluding carboxylic acids is 2. The summed E-state index contributed by atoms with van der Waals surface area (Å²) in [5.74, 6) is -0.0732. The summed E-state index contributed by atoms with van der Waals surface area (Å²) in [4.78, 5) is 40.2. The lowest BCUT2D eigenvalue weighted by Gasteiger charge is -2.25. The number of para-hydroxylation sites is 1. The summed E-state index contributed by atoms with van der Waals surface area (Å²) in [6.45, 7) is 3.13. The van der Waals surface area contributed by atoms with Crippen molar-refractivity contribution >= 4 is 57.9 Å². The molecule has 4 rings (SSSR count). The van der Waals surface area contributed by atoms with Crippen LogP contribution in [0, 0.1) is 21.8 Å². The van der Waals surface area contributed by atoms with E-state index in [9.17, 15) is 19.7 Å². The first kappa shape index (κ1) is 21.1. The second kappa shape index (κ2) is 8.20. The third-order valence-electron chi connectivity index (χ3n) is 4.39. The van der Waals surface area contributed by atoms with E-state index in [0.717, 1.165) is 0 Å². The molecule has 0 bridgehead atoms. The van der Waals surface area contributed by atoms with Crippen molar-refractivity contribution in [1.29, 1.82) is 0 Å². The highest BCUT2D eigenvalue weighted by molar-refractivity contribution is 8.00. The summed E-state index contributed by atoms with van der Waals surface area (Å²) in [6.07, 6.45) is 0. The Morgan fingerprint density at radius 3 is 2.87 bits per heavy atom. The number of aromatic nitrogens is 4. The van der Waals surface area contributed by atoms with Crippen molar-refractivity contribution in [2.45, 2.75) is 19.2 Å². The number of amides is 2. The van der Waals surface area contributed by atoms with Gasteiger partial charge in [0.1, 0.15) is 5.37 Å². The molecule has 14 heteroatoms. The Morgan fingerprint density at radius 1 is 1.42 bits per heavy atom. The molecule has 1 fully saturated rings. The Balaban J connectivity index is 1.84. The number of nitro groups is 1. The molecule has 1 aliphatic heterocycles. The Hall–Kier alpha value is -3.10. The van der Waals surface area contributed by atoms with Crippen molar-refractivity contribution in [1.82, 2.24) is 19.9 Å².